The van der Waals surface area contributed by atoms with Gasteiger partial charge in [-0.25, -0.2) is 19.3 Å². The second kappa shape index (κ2) is 9.05. The van der Waals surface area contributed by atoms with Crippen LogP contribution in [0.4, 0.5) is 10.3 Å². The number of hydrogen-bond acceptors (Lipinski definition) is 8. The van der Waals surface area contributed by atoms with Crippen molar-refractivity contribution in [3.05, 3.63) is 89.0 Å². The van der Waals surface area contributed by atoms with E-state index in [0.717, 1.165) is 5.56 Å². The molecule has 1 aromatic carbocycles. The number of benzene rings is 1. The van der Waals surface area contributed by atoms with Gasteiger partial charge in [0.1, 0.15) is 5.82 Å². The van der Waals surface area contributed by atoms with E-state index < -0.39 is 11.9 Å². The first-order chi connectivity index (χ1) is 16.9. The van der Waals surface area contributed by atoms with Crippen LogP contribution in [0.5, 0.6) is 5.88 Å². The molecule has 35 heavy (non-hydrogen) atoms. The molecule has 0 spiro atoms. The van der Waals surface area contributed by atoms with Gasteiger partial charge in [0.25, 0.3) is 5.91 Å². The van der Waals surface area contributed by atoms with Gasteiger partial charge < -0.3 is 15.4 Å². The first-order valence-electron chi connectivity index (χ1n) is 10.9. The largest absolute Gasteiger partial charge is 0.480 e. The molecule has 0 radical (unpaired) electrons. The number of halogens is 1. The molecule has 5 rings (SSSR count). The number of fused-ring (bicyclic) bond motifs is 1. The van der Waals surface area contributed by atoms with E-state index in [2.05, 4.69) is 24.9 Å². The average Bonchev–Trinajstić information content (AvgIpc) is 2.86. The smallest absolute Gasteiger partial charge is 0.258 e. The van der Waals surface area contributed by atoms with Gasteiger partial charge in [0.2, 0.25) is 11.8 Å². The van der Waals surface area contributed by atoms with Crippen LogP contribution in [0.1, 0.15) is 38.9 Å². The lowest BCUT2D eigenvalue weighted by Crippen LogP contribution is -2.41. The molecule has 176 valence electrons. The molecule has 1 aliphatic heterocycles. The van der Waals surface area contributed by atoms with Crippen molar-refractivity contribution in [1.82, 2.24) is 29.8 Å². The van der Waals surface area contributed by atoms with Crippen molar-refractivity contribution < 1.29 is 13.9 Å². The highest BCUT2D eigenvalue weighted by atomic mass is 19.1. The highest BCUT2D eigenvalue weighted by Gasteiger charge is 2.37. The van der Waals surface area contributed by atoms with Gasteiger partial charge in [0.15, 0.2) is 0 Å². The molecular formula is C25H22FN7O2. The molecule has 9 nitrogen and oxygen atoms in total. The SMILES string of the molecule is COc1cncc(-c2cc(F)ccc2[C@H]2Cc3nc(N)nc(C)c3C(=O)N2Cc2cccnc2)n1. The Morgan fingerprint density at radius 2 is 2.00 bits per heavy atom. The molecule has 3 aromatic heterocycles. The molecule has 0 unspecified atom stereocenters. The van der Waals surface area contributed by atoms with Crippen LogP contribution in [-0.2, 0) is 13.0 Å². The van der Waals surface area contributed by atoms with Gasteiger partial charge >= 0.3 is 0 Å². The number of nitrogens with zero attached hydrogens (tertiary/aromatic N) is 6. The van der Waals surface area contributed by atoms with Crippen LogP contribution in [0.15, 0.2) is 55.1 Å². The number of carbonyl (C=O) groups excluding carboxylic acids is 1. The number of hydrogen-bond donors (Lipinski definition) is 1. The number of anilines is 1. The van der Waals surface area contributed by atoms with Crippen molar-refractivity contribution in [2.24, 2.45) is 0 Å². The van der Waals surface area contributed by atoms with Gasteiger partial charge in [-0.2, -0.15) is 0 Å². The minimum atomic E-state index is -0.479. The Bertz CT molecular complexity index is 1410. The molecule has 0 saturated carbocycles. The summed E-state index contributed by atoms with van der Waals surface area (Å²) in [5.41, 5.74) is 9.90. The Morgan fingerprint density at radius 1 is 1.14 bits per heavy atom. The first-order valence-corrected chi connectivity index (χ1v) is 10.9. The number of carbonyl (C=O) groups is 1. The van der Waals surface area contributed by atoms with Gasteiger partial charge in [-0.15, -0.1) is 0 Å². The number of amides is 1. The number of nitrogens with two attached hydrogens (primary N) is 1. The van der Waals surface area contributed by atoms with E-state index in [4.69, 9.17) is 10.5 Å². The van der Waals surface area contributed by atoms with Crippen LogP contribution in [-0.4, -0.2) is 42.8 Å². The zero-order valence-corrected chi connectivity index (χ0v) is 19.1. The van der Waals surface area contributed by atoms with Gasteiger partial charge in [-0.1, -0.05) is 12.1 Å². The molecule has 0 fully saturated rings. The third-order valence-corrected chi connectivity index (χ3v) is 5.97. The molecule has 2 N–H and O–H groups in total. The zero-order valence-electron chi connectivity index (χ0n) is 19.1. The van der Waals surface area contributed by atoms with E-state index >= 15 is 0 Å². The molecule has 10 heteroatoms. The van der Waals surface area contributed by atoms with Crippen LogP contribution >= 0.6 is 0 Å². The van der Waals surface area contributed by atoms with E-state index in [-0.39, 0.29) is 11.9 Å². The Balaban J connectivity index is 1.68. The van der Waals surface area contributed by atoms with Crippen LogP contribution in [0, 0.1) is 12.7 Å². The first kappa shape index (κ1) is 22.3. The summed E-state index contributed by atoms with van der Waals surface area (Å²) >= 11 is 0. The predicted octanol–water partition coefficient (Wildman–Crippen LogP) is 3.31. The highest BCUT2D eigenvalue weighted by molar-refractivity contribution is 5.98. The molecule has 0 saturated heterocycles. The van der Waals surface area contributed by atoms with E-state index in [9.17, 15) is 9.18 Å². The van der Waals surface area contributed by atoms with Crippen LogP contribution < -0.4 is 10.5 Å². The van der Waals surface area contributed by atoms with Crippen molar-refractivity contribution >= 4 is 11.9 Å². The van der Waals surface area contributed by atoms with Crippen molar-refractivity contribution in [2.75, 3.05) is 12.8 Å². The summed E-state index contributed by atoms with van der Waals surface area (Å²) in [5.74, 6) is -0.264. The predicted molar refractivity (Wildman–Crippen MR) is 126 cm³/mol. The Kier molecular flexibility index (Phi) is 5.77. The summed E-state index contributed by atoms with van der Waals surface area (Å²) in [6, 6.07) is 7.67. The second-order valence-corrected chi connectivity index (χ2v) is 8.18. The molecule has 4 heterocycles. The maximum atomic E-state index is 14.4. The fourth-order valence-electron chi connectivity index (χ4n) is 4.43. The fourth-order valence-corrected chi connectivity index (χ4v) is 4.43. The normalized spacial score (nSPS) is 15.1. The van der Waals surface area contributed by atoms with Crippen molar-refractivity contribution in [2.45, 2.75) is 25.9 Å². The summed E-state index contributed by atoms with van der Waals surface area (Å²) < 4.78 is 19.7. The molecule has 1 aliphatic rings. The molecule has 0 aliphatic carbocycles. The van der Waals surface area contributed by atoms with E-state index in [1.165, 1.54) is 31.6 Å². The Labute approximate surface area is 200 Å². The van der Waals surface area contributed by atoms with Gasteiger partial charge in [0.05, 0.1) is 48.2 Å². The quantitative estimate of drug-likeness (QED) is 0.471. The van der Waals surface area contributed by atoms with Crippen LogP contribution in [0.3, 0.4) is 0 Å². The monoisotopic (exact) mass is 471 g/mol. The van der Waals surface area contributed by atoms with Crippen molar-refractivity contribution in [3.63, 3.8) is 0 Å². The summed E-state index contributed by atoms with van der Waals surface area (Å²) in [6.45, 7) is 2.04. The number of methoxy groups -OCH3 is 1. The standard InChI is InChI=1S/C25H22FN7O2/c1-14-23-19(32-25(27)30-14)9-21(33(24(23)34)13-15-4-3-7-28-10-15)17-6-5-16(26)8-18(17)20-11-29-12-22(31-20)35-2/h3-8,10-12,21H,9,13H2,1-2H3,(H2,27,30,32)/t21-/m1/s1. The molecule has 0 bridgehead atoms. The average molecular weight is 471 g/mol. The number of rotatable bonds is 5. The minimum Gasteiger partial charge on any atom is -0.480 e. The third-order valence-electron chi connectivity index (χ3n) is 5.97. The maximum Gasteiger partial charge on any atom is 0.258 e. The summed E-state index contributed by atoms with van der Waals surface area (Å²) in [4.78, 5) is 36.9. The zero-order chi connectivity index (χ0) is 24.5. The molecular weight excluding hydrogens is 449 g/mol. The lowest BCUT2D eigenvalue weighted by Gasteiger charge is -2.37. The number of aromatic nitrogens is 5. The minimum absolute atomic E-state index is 0.103. The summed E-state index contributed by atoms with van der Waals surface area (Å²) in [5, 5.41) is 0. The lowest BCUT2D eigenvalue weighted by atomic mass is 9.88. The highest BCUT2D eigenvalue weighted by Crippen LogP contribution is 2.39. The summed E-state index contributed by atoms with van der Waals surface area (Å²) in [6.07, 6.45) is 6.76. The van der Waals surface area contributed by atoms with Crippen LogP contribution in [0.25, 0.3) is 11.3 Å². The molecule has 1 atom stereocenters. The lowest BCUT2D eigenvalue weighted by molar-refractivity contribution is 0.0624. The van der Waals surface area contributed by atoms with Gasteiger partial charge in [-0.3, -0.25) is 14.8 Å². The number of pyridine rings is 1. The molecule has 1 amide bonds. The fraction of sp³-hybridized carbons (Fsp3) is 0.200. The van der Waals surface area contributed by atoms with Crippen LogP contribution in [0.2, 0.25) is 0 Å². The maximum absolute atomic E-state index is 14.4. The Morgan fingerprint density at radius 3 is 2.77 bits per heavy atom. The second-order valence-electron chi connectivity index (χ2n) is 8.18. The van der Waals surface area contributed by atoms with E-state index in [1.54, 1.807) is 30.3 Å². The van der Waals surface area contributed by atoms with Crippen molar-refractivity contribution in [1.29, 1.82) is 0 Å². The topological polar surface area (TPSA) is 120 Å². The number of ether oxygens (including phenoxy) is 1. The van der Waals surface area contributed by atoms with Gasteiger partial charge in [-0.05, 0) is 36.2 Å². The van der Waals surface area contributed by atoms with E-state index in [1.807, 2.05) is 12.1 Å². The number of nitrogen functional groups attached to an aromatic ring is 1. The third kappa shape index (κ3) is 4.25. The Hall–Kier alpha value is -4.47. The number of aryl methyl sites for hydroxylation is 1. The van der Waals surface area contributed by atoms with Crippen molar-refractivity contribution in [3.8, 4) is 17.1 Å². The van der Waals surface area contributed by atoms with E-state index in [0.29, 0.717) is 52.6 Å². The van der Waals surface area contributed by atoms with Gasteiger partial charge in [0, 0.05) is 30.9 Å². The summed E-state index contributed by atoms with van der Waals surface area (Å²) in [7, 11) is 1.49. The molecule has 4 aromatic rings.